The van der Waals surface area contributed by atoms with Crippen molar-refractivity contribution in [2.24, 2.45) is 4.99 Å². The average Bonchev–Trinajstić information content (AvgIpc) is 3.26. The van der Waals surface area contributed by atoms with E-state index in [0.29, 0.717) is 25.4 Å². The van der Waals surface area contributed by atoms with Gasteiger partial charge < -0.3 is 24.4 Å². The summed E-state index contributed by atoms with van der Waals surface area (Å²) in [5.74, 6) is 1.25. The SMILES string of the molecule is CCNC(=NCc1ccccc1CN(C)C)N1CCN(C(=O)c2ccco2)CC1.I. The van der Waals surface area contributed by atoms with Gasteiger partial charge in [0.25, 0.3) is 5.91 Å². The van der Waals surface area contributed by atoms with Gasteiger partial charge in [0.1, 0.15) is 0 Å². The summed E-state index contributed by atoms with van der Waals surface area (Å²) in [5.41, 5.74) is 2.54. The number of carbonyl (C=O) groups excluding carboxylic acids is 1. The van der Waals surface area contributed by atoms with E-state index in [1.807, 2.05) is 4.90 Å². The molecule has 30 heavy (non-hydrogen) atoms. The Labute approximate surface area is 196 Å². The van der Waals surface area contributed by atoms with Gasteiger partial charge in [0.15, 0.2) is 11.7 Å². The van der Waals surface area contributed by atoms with Crippen LogP contribution in [0.4, 0.5) is 0 Å². The Bertz CT molecular complexity index is 815. The molecule has 164 valence electrons. The molecule has 3 rings (SSSR count). The number of piperazine rings is 1. The van der Waals surface area contributed by atoms with Crippen LogP contribution in [-0.2, 0) is 13.1 Å². The number of carbonyl (C=O) groups is 1. The van der Waals surface area contributed by atoms with Crippen LogP contribution in [0.5, 0.6) is 0 Å². The summed E-state index contributed by atoms with van der Waals surface area (Å²) in [6.45, 7) is 7.22. The third kappa shape index (κ3) is 6.46. The maximum atomic E-state index is 12.5. The lowest BCUT2D eigenvalue weighted by Crippen LogP contribution is -2.53. The van der Waals surface area contributed by atoms with E-state index in [1.165, 1.54) is 17.4 Å². The highest BCUT2D eigenvalue weighted by molar-refractivity contribution is 14.0. The second-order valence-electron chi connectivity index (χ2n) is 7.43. The summed E-state index contributed by atoms with van der Waals surface area (Å²) >= 11 is 0. The quantitative estimate of drug-likeness (QED) is 0.357. The number of furan rings is 1. The van der Waals surface area contributed by atoms with Gasteiger partial charge in [0, 0.05) is 39.3 Å². The zero-order valence-corrected chi connectivity index (χ0v) is 20.3. The maximum Gasteiger partial charge on any atom is 0.289 e. The molecule has 2 aromatic rings. The molecule has 0 saturated carbocycles. The molecule has 0 atom stereocenters. The number of hydrogen-bond acceptors (Lipinski definition) is 4. The number of halogens is 1. The molecule has 1 aliphatic heterocycles. The molecule has 0 bridgehead atoms. The third-order valence-corrected chi connectivity index (χ3v) is 4.94. The van der Waals surface area contributed by atoms with Gasteiger partial charge in [-0.15, -0.1) is 24.0 Å². The molecule has 7 nitrogen and oxygen atoms in total. The molecule has 1 amide bonds. The summed E-state index contributed by atoms with van der Waals surface area (Å²) in [4.78, 5) is 23.6. The number of amides is 1. The lowest BCUT2D eigenvalue weighted by Gasteiger charge is -2.36. The van der Waals surface area contributed by atoms with Gasteiger partial charge in [0.05, 0.1) is 12.8 Å². The fourth-order valence-corrected chi connectivity index (χ4v) is 3.47. The van der Waals surface area contributed by atoms with Crippen LogP contribution in [0.2, 0.25) is 0 Å². The molecule has 1 N–H and O–H groups in total. The molecular formula is C22H32IN5O2. The molecule has 1 saturated heterocycles. The third-order valence-electron chi connectivity index (χ3n) is 4.94. The lowest BCUT2D eigenvalue weighted by molar-refractivity contribution is 0.0657. The summed E-state index contributed by atoms with van der Waals surface area (Å²) in [7, 11) is 4.15. The Morgan fingerprint density at radius 2 is 1.73 bits per heavy atom. The van der Waals surface area contributed by atoms with Crippen LogP contribution in [0.25, 0.3) is 0 Å². The van der Waals surface area contributed by atoms with Gasteiger partial charge in [-0.2, -0.15) is 0 Å². The highest BCUT2D eigenvalue weighted by Crippen LogP contribution is 2.13. The van der Waals surface area contributed by atoms with E-state index in [2.05, 4.69) is 60.4 Å². The second-order valence-corrected chi connectivity index (χ2v) is 7.43. The minimum Gasteiger partial charge on any atom is -0.459 e. The van der Waals surface area contributed by atoms with Crippen LogP contribution in [0, 0.1) is 0 Å². The highest BCUT2D eigenvalue weighted by atomic mass is 127. The van der Waals surface area contributed by atoms with Crippen LogP contribution in [0.3, 0.4) is 0 Å². The Morgan fingerprint density at radius 1 is 1.07 bits per heavy atom. The normalized spacial score (nSPS) is 14.6. The van der Waals surface area contributed by atoms with Gasteiger partial charge >= 0.3 is 0 Å². The van der Waals surface area contributed by atoms with E-state index in [4.69, 9.17) is 9.41 Å². The van der Waals surface area contributed by atoms with Crippen molar-refractivity contribution >= 4 is 35.8 Å². The predicted octanol–water partition coefficient (Wildman–Crippen LogP) is 2.88. The first kappa shape index (κ1) is 24.2. The minimum absolute atomic E-state index is 0. The summed E-state index contributed by atoms with van der Waals surface area (Å²) in [6.07, 6.45) is 1.54. The average molecular weight is 525 g/mol. The molecule has 0 aliphatic carbocycles. The molecule has 1 aromatic carbocycles. The smallest absolute Gasteiger partial charge is 0.289 e. The summed E-state index contributed by atoms with van der Waals surface area (Å²) in [5, 5.41) is 3.40. The minimum atomic E-state index is -0.0470. The van der Waals surface area contributed by atoms with E-state index in [9.17, 15) is 4.79 Å². The van der Waals surface area contributed by atoms with Gasteiger partial charge in [-0.1, -0.05) is 24.3 Å². The number of hydrogen-bond donors (Lipinski definition) is 1. The van der Waals surface area contributed by atoms with Crippen molar-refractivity contribution in [3.63, 3.8) is 0 Å². The molecule has 1 fully saturated rings. The molecule has 0 unspecified atom stereocenters. The number of nitrogens with one attached hydrogen (secondary N) is 1. The van der Waals surface area contributed by atoms with Crippen molar-refractivity contribution in [2.75, 3.05) is 46.8 Å². The fourth-order valence-electron chi connectivity index (χ4n) is 3.47. The van der Waals surface area contributed by atoms with Crippen LogP contribution < -0.4 is 5.32 Å². The lowest BCUT2D eigenvalue weighted by atomic mass is 10.1. The molecule has 2 heterocycles. The van der Waals surface area contributed by atoms with Crippen molar-refractivity contribution in [3.8, 4) is 0 Å². The number of aliphatic imine (C=N–C) groups is 1. The van der Waals surface area contributed by atoms with E-state index in [-0.39, 0.29) is 29.9 Å². The zero-order chi connectivity index (χ0) is 20.6. The van der Waals surface area contributed by atoms with E-state index < -0.39 is 0 Å². The fraction of sp³-hybridized carbons (Fsp3) is 0.455. The molecule has 8 heteroatoms. The first-order valence-corrected chi connectivity index (χ1v) is 10.2. The topological polar surface area (TPSA) is 64.3 Å². The Kier molecular flexibility index (Phi) is 9.64. The van der Waals surface area contributed by atoms with Crippen LogP contribution in [-0.4, -0.2) is 73.4 Å². The van der Waals surface area contributed by atoms with Gasteiger partial charge in [-0.25, -0.2) is 4.99 Å². The summed E-state index contributed by atoms with van der Waals surface area (Å²) in [6, 6.07) is 11.9. The standard InChI is InChI=1S/C22H31N5O2.HI/c1-4-23-22(24-16-18-8-5-6-9-19(18)17-25(2)3)27-13-11-26(12-14-27)21(28)20-10-7-15-29-20;/h5-10,15H,4,11-14,16-17H2,1-3H3,(H,23,24);1H. The largest absolute Gasteiger partial charge is 0.459 e. The van der Waals surface area contributed by atoms with Crippen molar-refractivity contribution in [3.05, 3.63) is 59.5 Å². The van der Waals surface area contributed by atoms with Crippen LogP contribution in [0.15, 0.2) is 52.1 Å². The van der Waals surface area contributed by atoms with E-state index in [0.717, 1.165) is 32.1 Å². The van der Waals surface area contributed by atoms with Crippen molar-refractivity contribution in [1.29, 1.82) is 0 Å². The monoisotopic (exact) mass is 525 g/mol. The van der Waals surface area contributed by atoms with Gasteiger partial charge in [-0.3, -0.25) is 4.79 Å². The number of benzene rings is 1. The molecular weight excluding hydrogens is 493 g/mol. The Balaban J connectivity index is 0.00000320. The zero-order valence-electron chi connectivity index (χ0n) is 18.0. The van der Waals surface area contributed by atoms with Crippen LogP contribution in [0.1, 0.15) is 28.6 Å². The number of guanidine groups is 1. The molecule has 1 aliphatic rings. The molecule has 1 aromatic heterocycles. The Hall–Kier alpha value is -2.07. The first-order chi connectivity index (χ1) is 14.1. The summed E-state index contributed by atoms with van der Waals surface area (Å²) < 4.78 is 5.24. The number of rotatable bonds is 6. The van der Waals surface area contributed by atoms with Crippen molar-refractivity contribution < 1.29 is 9.21 Å². The van der Waals surface area contributed by atoms with Crippen molar-refractivity contribution in [2.45, 2.75) is 20.0 Å². The second kappa shape index (κ2) is 11.9. The predicted molar refractivity (Wildman–Crippen MR) is 130 cm³/mol. The number of nitrogens with zero attached hydrogens (tertiary/aromatic N) is 4. The first-order valence-electron chi connectivity index (χ1n) is 10.2. The molecule has 0 radical (unpaired) electrons. The van der Waals surface area contributed by atoms with E-state index >= 15 is 0 Å². The van der Waals surface area contributed by atoms with Crippen molar-refractivity contribution in [1.82, 2.24) is 20.0 Å². The van der Waals surface area contributed by atoms with Crippen LogP contribution >= 0.6 is 24.0 Å². The highest BCUT2D eigenvalue weighted by Gasteiger charge is 2.25. The molecule has 0 spiro atoms. The van der Waals surface area contributed by atoms with E-state index in [1.54, 1.807) is 12.1 Å². The maximum absolute atomic E-state index is 12.5. The Morgan fingerprint density at radius 3 is 2.33 bits per heavy atom. The van der Waals surface area contributed by atoms with Gasteiger partial charge in [-0.05, 0) is 44.3 Å². The van der Waals surface area contributed by atoms with Gasteiger partial charge in [0.2, 0.25) is 0 Å².